The Hall–Kier alpha value is -0.920. The van der Waals surface area contributed by atoms with Crippen molar-refractivity contribution in [2.45, 2.75) is 12.2 Å². The van der Waals surface area contributed by atoms with Gasteiger partial charge in [0, 0.05) is 16.8 Å². The smallest absolute Gasteiger partial charge is 0.180 e. The summed E-state index contributed by atoms with van der Waals surface area (Å²) in [4.78, 5) is 12.1. The van der Waals surface area contributed by atoms with E-state index in [2.05, 4.69) is 0 Å². The average Bonchev–Trinajstić information content (AvgIpc) is 2.34. The van der Waals surface area contributed by atoms with Crippen LogP contribution in [0.4, 0.5) is 0 Å². The van der Waals surface area contributed by atoms with Crippen molar-refractivity contribution in [1.82, 2.24) is 0 Å². The average molecular weight is 339 g/mol. The number of halogens is 1. The van der Waals surface area contributed by atoms with Crippen molar-refractivity contribution in [2.75, 3.05) is 17.8 Å². The van der Waals surface area contributed by atoms with Crippen molar-refractivity contribution in [3.63, 3.8) is 0 Å². The summed E-state index contributed by atoms with van der Waals surface area (Å²) >= 11 is 5.75. The Balaban J connectivity index is 2.93. The summed E-state index contributed by atoms with van der Waals surface area (Å²) in [7, 11) is -7.22. The second-order valence-corrected chi connectivity index (χ2v) is 9.65. The fourth-order valence-electron chi connectivity index (χ4n) is 1.48. The summed E-state index contributed by atoms with van der Waals surface area (Å²) in [6.07, 6.45) is 0.950. The molecule has 0 aliphatic carbocycles. The largest absolute Gasteiger partial charge is 0.293 e. The lowest BCUT2D eigenvalue weighted by atomic mass is 10.1. The standard InChI is InChI=1S/C12H15ClO5S2/c1-9(20(17,18)7-6-19(2,15)16)12(14)10-4-3-5-11(13)8-10/h3-5,8-9H,6-7H2,1-2H3. The van der Waals surface area contributed by atoms with Crippen LogP contribution in [0.3, 0.4) is 0 Å². The van der Waals surface area contributed by atoms with Gasteiger partial charge in [-0.05, 0) is 19.1 Å². The van der Waals surface area contributed by atoms with E-state index >= 15 is 0 Å². The van der Waals surface area contributed by atoms with E-state index in [0.29, 0.717) is 5.02 Å². The highest BCUT2D eigenvalue weighted by Gasteiger charge is 2.29. The Kier molecular flexibility index (Phi) is 5.34. The van der Waals surface area contributed by atoms with E-state index in [1.165, 1.54) is 19.1 Å². The highest BCUT2D eigenvalue weighted by molar-refractivity contribution is 7.95. The van der Waals surface area contributed by atoms with Gasteiger partial charge in [0.25, 0.3) is 0 Å². The van der Waals surface area contributed by atoms with Gasteiger partial charge < -0.3 is 0 Å². The third kappa shape index (κ3) is 4.88. The molecule has 0 aromatic heterocycles. The summed E-state index contributed by atoms with van der Waals surface area (Å²) in [5.74, 6) is -1.66. The first-order valence-corrected chi connectivity index (χ1v) is 9.87. The molecule has 1 unspecified atom stereocenters. The van der Waals surface area contributed by atoms with E-state index in [4.69, 9.17) is 11.6 Å². The van der Waals surface area contributed by atoms with Crippen molar-refractivity contribution in [3.05, 3.63) is 34.9 Å². The minimum Gasteiger partial charge on any atom is -0.293 e. The maximum atomic E-state index is 12.1. The maximum Gasteiger partial charge on any atom is 0.180 e. The summed E-state index contributed by atoms with van der Waals surface area (Å²) in [6.45, 7) is 1.25. The Labute approximate surface area is 123 Å². The third-order valence-corrected chi connectivity index (χ3v) is 6.26. The molecule has 112 valence electrons. The number of hydrogen-bond donors (Lipinski definition) is 0. The quantitative estimate of drug-likeness (QED) is 0.731. The second kappa shape index (κ2) is 6.24. The topological polar surface area (TPSA) is 85.3 Å². The normalized spacial score (nSPS) is 13.9. The number of hydrogen-bond acceptors (Lipinski definition) is 5. The molecule has 1 atom stereocenters. The predicted octanol–water partition coefficient (Wildman–Crippen LogP) is 1.37. The molecule has 0 bridgehead atoms. The summed E-state index contributed by atoms with van der Waals surface area (Å²) < 4.78 is 46.0. The molecule has 0 saturated heterocycles. The molecule has 0 heterocycles. The van der Waals surface area contributed by atoms with Crippen molar-refractivity contribution in [1.29, 1.82) is 0 Å². The molecule has 8 heteroatoms. The van der Waals surface area contributed by atoms with E-state index in [9.17, 15) is 21.6 Å². The van der Waals surface area contributed by atoms with Crippen LogP contribution in [0.1, 0.15) is 17.3 Å². The first kappa shape index (κ1) is 17.1. The monoisotopic (exact) mass is 338 g/mol. The molecule has 0 radical (unpaired) electrons. The zero-order chi connectivity index (χ0) is 15.6. The minimum absolute atomic E-state index is 0.188. The highest BCUT2D eigenvalue weighted by atomic mass is 35.5. The zero-order valence-electron chi connectivity index (χ0n) is 11.0. The predicted molar refractivity (Wildman–Crippen MR) is 78.7 cm³/mol. The third-order valence-electron chi connectivity index (χ3n) is 2.76. The molecule has 0 amide bonds. The minimum atomic E-state index is -3.83. The summed E-state index contributed by atoms with van der Waals surface area (Å²) in [6, 6.07) is 5.97. The molecule has 0 aliphatic heterocycles. The molecule has 0 spiro atoms. The molecule has 0 aliphatic rings. The number of rotatable bonds is 6. The van der Waals surface area contributed by atoms with Gasteiger partial charge in [-0.3, -0.25) is 4.79 Å². The van der Waals surface area contributed by atoms with Gasteiger partial charge in [-0.25, -0.2) is 16.8 Å². The molecular formula is C12H15ClO5S2. The van der Waals surface area contributed by atoms with Crippen LogP contribution in [-0.2, 0) is 19.7 Å². The fourth-order valence-corrected chi connectivity index (χ4v) is 4.63. The summed E-state index contributed by atoms with van der Waals surface area (Å²) in [5.41, 5.74) is 0.188. The van der Waals surface area contributed by atoms with Crippen molar-refractivity contribution >= 4 is 37.1 Å². The van der Waals surface area contributed by atoms with Gasteiger partial charge >= 0.3 is 0 Å². The molecule has 5 nitrogen and oxygen atoms in total. The van der Waals surface area contributed by atoms with Crippen LogP contribution >= 0.6 is 11.6 Å². The number of ketones is 1. The number of carbonyl (C=O) groups is 1. The van der Waals surface area contributed by atoms with Gasteiger partial charge in [0.2, 0.25) is 0 Å². The summed E-state index contributed by atoms with van der Waals surface area (Å²) in [5, 5.41) is -0.973. The van der Waals surface area contributed by atoms with Crippen molar-refractivity contribution in [2.24, 2.45) is 0 Å². The first-order valence-electron chi connectivity index (χ1n) is 5.72. The Morgan fingerprint density at radius 3 is 2.30 bits per heavy atom. The lowest BCUT2D eigenvalue weighted by Gasteiger charge is -2.11. The van der Waals surface area contributed by atoms with Gasteiger partial charge in [0.1, 0.15) is 15.1 Å². The zero-order valence-corrected chi connectivity index (χ0v) is 13.4. The van der Waals surface area contributed by atoms with Crippen LogP contribution in [0.25, 0.3) is 0 Å². The van der Waals surface area contributed by atoms with E-state index in [-0.39, 0.29) is 5.56 Å². The number of carbonyl (C=O) groups excluding carboxylic acids is 1. The van der Waals surface area contributed by atoms with E-state index in [1.54, 1.807) is 12.1 Å². The lowest BCUT2D eigenvalue weighted by molar-refractivity contribution is 0.0991. The Bertz CT molecular complexity index is 707. The highest BCUT2D eigenvalue weighted by Crippen LogP contribution is 2.16. The van der Waals surface area contributed by atoms with Gasteiger partial charge in [0.15, 0.2) is 15.6 Å². The first-order chi connectivity index (χ1) is 9.03. The molecule has 20 heavy (non-hydrogen) atoms. The molecular weight excluding hydrogens is 324 g/mol. The van der Waals surface area contributed by atoms with Crippen molar-refractivity contribution < 1.29 is 21.6 Å². The van der Waals surface area contributed by atoms with Gasteiger partial charge in [-0.1, -0.05) is 23.7 Å². The van der Waals surface area contributed by atoms with E-state index in [0.717, 1.165) is 6.26 Å². The molecule has 1 aromatic carbocycles. The van der Waals surface area contributed by atoms with Crippen LogP contribution in [0.5, 0.6) is 0 Å². The van der Waals surface area contributed by atoms with Crippen LogP contribution in [0.15, 0.2) is 24.3 Å². The number of benzene rings is 1. The van der Waals surface area contributed by atoms with Gasteiger partial charge in [0.05, 0.1) is 11.5 Å². The van der Waals surface area contributed by atoms with E-state index in [1.807, 2.05) is 0 Å². The van der Waals surface area contributed by atoms with Crippen LogP contribution in [-0.4, -0.2) is 45.6 Å². The van der Waals surface area contributed by atoms with E-state index < -0.39 is 42.2 Å². The van der Waals surface area contributed by atoms with Gasteiger partial charge in [-0.15, -0.1) is 0 Å². The van der Waals surface area contributed by atoms with Crippen LogP contribution in [0.2, 0.25) is 5.02 Å². The molecule has 1 aromatic rings. The number of Topliss-reactive ketones (excluding diaryl/α,β-unsaturated/α-hetero) is 1. The molecule has 0 fully saturated rings. The van der Waals surface area contributed by atoms with Crippen LogP contribution in [0, 0.1) is 0 Å². The SMILES string of the molecule is CC(C(=O)c1cccc(Cl)c1)S(=O)(=O)CCS(C)(=O)=O. The fraction of sp³-hybridized carbons (Fsp3) is 0.417. The van der Waals surface area contributed by atoms with Gasteiger partial charge in [-0.2, -0.15) is 0 Å². The Morgan fingerprint density at radius 1 is 1.20 bits per heavy atom. The Morgan fingerprint density at radius 2 is 1.80 bits per heavy atom. The molecule has 0 N–H and O–H groups in total. The molecule has 1 rings (SSSR count). The van der Waals surface area contributed by atoms with Crippen LogP contribution < -0.4 is 0 Å². The lowest BCUT2D eigenvalue weighted by Crippen LogP contribution is -2.31. The second-order valence-electron chi connectivity index (χ2n) is 4.51. The van der Waals surface area contributed by atoms with Crippen molar-refractivity contribution in [3.8, 4) is 0 Å². The maximum absolute atomic E-state index is 12.1. The molecule has 0 saturated carbocycles. The number of sulfone groups is 2.